The molecule has 0 unspecified atom stereocenters. The molecular weight excluding hydrogens is 384 g/mol. The zero-order valence-electron chi connectivity index (χ0n) is 7.09. The third-order valence-electron chi connectivity index (χ3n) is 1.01. The minimum atomic E-state index is -0.833. The molecule has 2 N–H and O–H groups in total. The standard InChI is InChI=1S/C6H3Br3O.C2H4O2/c7-3-1-2-4(10)6(9)5(3)8;1-2(3)4/h1-2,10H;1H3,(H,3,4). The van der Waals surface area contributed by atoms with Gasteiger partial charge in [0.1, 0.15) is 5.75 Å². The highest BCUT2D eigenvalue weighted by Crippen LogP contribution is 2.36. The maximum absolute atomic E-state index is 9.13. The van der Waals surface area contributed by atoms with Gasteiger partial charge in [-0.15, -0.1) is 0 Å². The Hall–Kier alpha value is -0.0700. The molecule has 0 bridgehead atoms. The Kier molecular flexibility index (Phi) is 6.39. The fourth-order valence-corrected chi connectivity index (χ4v) is 1.79. The fraction of sp³-hybridized carbons (Fsp3) is 0.125. The molecule has 0 heterocycles. The topological polar surface area (TPSA) is 57.5 Å². The Balaban J connectivity index is 0.000000364. The SMILES string of the molecule is CC(=O)O.Oc1ccc(Br)c(Br)c1Br. The average molecular weight is 391 g/mol. The first-order chi connectivity index (χ1) is 6.36. The Morgan fingerprint density at radius 1 is 1.21 bits per heavy atom. The van der Waals surface area contributed by atoms with Crippen molar-refractivity contribution < 1.29 is 15.0 Å². The summed E-state index contributed by atoms with van der Waals surface area (Å²) in [5.74, 6) is -0.602. The summed E-state index contributed by atoms with van der Waals surface area (Å²) < 4.78 is 2.41. The maximum Gasteiger partial charge on any atom is 0.300 e. The molecule has 78 valence electrons. The first kappa shape index (κ1) is 13.9. The third kappa shape index (κ3) is 4.97. The lowest BCUT2D eigenvalue weighted by molar-refractivity contribution is -0.134. The highest BCUT2D eigenvalue weighted by atomic mass is 79.9. The van der Waals surface area contributed by atoms with E-state index >= 15 is 0 Å². The zero-order chi connectivity index (χ0) is 11.3. The minimum Gasteiger partial charge on any atom is -0.507 e. The van der Waals surface area contributed by atoms with Crippen LogP contribution in [0.25, 0.3) is 0 Å². The number of carboxylic acids is 1. The molecule has 0 aliphatic rings. The van der Waals surface area contributed by atoms with E-state index in [-0.39, 0.29) is 5.75 Å². The highest BCUT2D eigenvalue weighted by molar-refractivity contribution is 9.14. The first-order valence-electron chi connectivity index (χ1n) is 3.38. The Labute approximate surface area is 107 Å². The average Bonchev–Trinajstić information content (AvgIpc) is 2.07. The summed E-state index contributed by atoms with van der Waals surface area (Å²) in [7, 11) is 0. The van der Waals surface area contributed by atoms with Crippen LogP contribution in [0.2, 0.25) is 0 Å². The summed E-state index contributed by atoms with van der Waals surface area (Å²) in [4.78, 5) is 9.00. The van der Waals surface area contributed by atoms with Crippen molar-refractivity contribution in [1.29, 1.82) is 0 Å². The molecule has 0 aliphatic carbocycles. The number of benzene rings is 1. The lowest BCUT2D eigenvalue weighted by atomic mass is 10.3. The van der Waals surface area contributed by atoms with E-state index in [1.807, 2.05) is 0 Å². The van der Waals surface area contributed by atoms with E-state index in [2.05, 4.69) is 47.8 Å². The molecule has 3 nitrogen and oxygen atoms in total. The summed E-state index contributed by atoms with van der Waals surface area (Å²) in [6, 6.07) is 3.38. The minimum absolute atomic E-state index is 0.232. The molecule has 1 aromatic rings. The summed E-state index contributed by atoms with van der Waals surface area (Å²) in [6.45, 7) is 1.08. The van der Waals surface area contributed by atoms with Crippen molar-refractivity contribution in [2.24, 2.45) is 0 Å². The number of aliphatic carboxylic acids is 1. The number of aromatic hydroxyl groups is 1. The quantitative estimate of drug-likeness (QED) is 0.663. The molecule has 0 amide bonds. The molecule has 0 atom stereocenters. The summed E-state index contributed by atoms with van der Waals surface area (Å²) >= 11 is 9.77. The molecule has 6 heteroatoms. The van der Waals surface area contributed by atoms with Crippen LogP contribution in [0.1, 0.15) is 6.92 Å². The number of hydrogen-bond acceptors (Lipinski definition) is 2. The number of hydrogen-bond donors (Lipinski definition) is 2. The van der Waals surface area contributed by atoms with Crippen LogP contribution in [-0.2, 0) is 4.79 Å². The number of carboxylic acid groups (broad SMARTS) is 1. The smallest absolute Gasteiger partial charge is 0.300 e. The summed E-state index contributed by atoms with van der Waals surface area (Å²) in [6.07, 6.45) is 0. The van der Waals surface area contributed by atoms with Crippen LogP contribution in [0, 0.1) is 0 Å². The van der Waals surface area contributed by atoms with E-state index in [0.717, 1.165) is 15.9 Å². The largest absolute Gasteiger partial charge is 0.507 e. The van der Waals surface area contributed by atoms with Crippen LogP contribution in [-0.4, -0.2) is 16.2 Å². The zero-order valence-corrected chi connectivity index (χ0v) is 11.8. The first-order valence-corrected chi connectivity index (χ1v) is 5.76. The molecule has 0 saturated heterocycles. The second-order valence-corrected chi connectivity index (χ2v) is 4.65. The summed E-state index contributed by atoms with van der Waals surface area (Å²) in [5.41, 5.74) is 0. The van der Waals surface area contributed by atoms with Gasteiger partial charge in [-0.1, -0.05) is 0 Å². The van der Waals surface area contributed by atoms with E-state index in [9.17, 15) is 0 Å². The van der Waals surface area contributed by atoms with Crippen LogP contribution >= 0.6 is 47.8 Å². The highest BCUT2D eigenvalue weighted by Gasteiger charge is 2.04. The number of rotatable bonds is 0. The third-order valence-corrected chi connectivity index (χ3v) is 4.37. The van der Waals surface area contributed by atoms with E-state index < -0.39 is 5.97 Å². The van der Waals surface area contributed by atoms with Gasteiger partial charge in [0.25, 0.3) is 5.97 Å². The van der Waals surface area contributed by atoms with Crippen LogP contribution in [0.15, 0.2) is 25.6 Å². The van der Waals surface area contributed by atoms with Crippen LogP contribution in [0.3, 0.4) is 0 Å². The van der Waals surface area contributed by atoms with Crippen molar-refractivity contribution in [2.45, 2.75) is 6.92 Å². The van der Waals surface area contributed by atoms with Crippen LogP contribution in [0.4, 0.5) is 0 Å². The molecule has 0 aromatic heterocycles. The maximum atomic E-state index is 9.13. The number of phenolic OH excluding ortho intramolecular Hbond substituents is 1. The van der Waals surface area contributed by atoms with Crippen LogP contribution < -0.4 is 0 Å². The van der Waals surface area contributed by atoms with Crippen LogP contribution in [0.5, 0.6) is 5.75 Å². The van der Waals surface area contributed by atoms with Gasteiger partial charge in [-0.2, -0.15) is 0 Å². The molecule has 1 aromatic carbocycles. The second-order valence-electron chi connectivity index (χ2n) is 2.21. The Morgan fingerprint density at radius 3 is 2.00 bits per heavy atom. The van der Waals surface area contributed by atoms with E-state index in [4.69, 9.17) is 15.0 Å². The van der Waals surface area contributed by atoms with Gasteiger partial charge in [-0.05, 0) is 59.9 Å². The molecule has 14 heavy (non-hydrogen) atoms. The molecule has 0 saturated carbocycles. The summed E-state index contributed by atoms with van der Waals surface area (Å²) in [5, 5.41) is 16.5. The molecule has 0 fully saturated rings. The van der Waals surface area contributed by atoms with Crippen molar-refractivity contribution in [3.8, 4) is 5.75 Å². The molecule has 0 radical (unpaired) electrons. The molecule has 0 aliphatic heterocycles. The van der Waals surface area contributed by atoms with Gasteiger partial charge in [0.05, 0.1) is 4.47 Å². The van der Waals surface area contributed by atoms with Crippen molar-refractivity contribution in [3.05, 3.63) is 25.6 Å². The van der Waals surface area contributed by atoms with Gasteiger partial charge in [0.15, 0.2) is 0 Å². The van der Waals surface area contributed by atoms with Gasteiger partial charge in [-0.25, -0.2) is 0 Å². The number of phenols is 1. The van der Waals surface area contributed by atoms with E-state index in [1.165, 1.54) is 0 Å². The van der Waals surface area contributed by atoms with Gasteiger partial charge in [0.2, 0.25) is 0 Å². The van der Waals surface area contributed by atoms with Crippen molar-refractivity contribution in [3.63, 3.8) is 0 Å². The number of carbonyl (C=O) groups is 1. The van der Waals surface area contributed by atoms with Gasteiger partial charge >= 0.3 is 0 Å². The fourth-order valence-electron chi connectivity index (χ4n) is 0.516. The molecule has 1 rings (SSSR count). The molecular formula is C8H7Br3O3. The van der Waals surface area contributed by atoms with Gasteiger partial charge in [-0.3, -0.25) is 4.79 Å². The Bertz CT molecular complexity index is 308. The van der Waals surface area contributed by atoms with Gasteiger partial charge < -0.3 is 10.2 Å². The number of halogens is 3. The van der Waals surface area contributed by atoms with Crippen molar-refractivity contribution in [2.75, 3.05) is 0 Å². The predicted molar refractivity (Wildman–Crippen MR) is 64.5 cm³/mol. The normalized spacial score (nSPS) is 8.86. The van der Waals surface area contributed by atoms with E-state index in [0.29, 0.717) is 4.47 Å². The van der Waals surface area contributed by atoms with Crippen molar-refractivity contribution >= 4 is 53.8 Å². The van der Waals surface area contributed by atoms with E-state index in [1.54, 1.807) is 12.1 Å². The monoisotopic (exact) mass is 388 g/mol. The van der Waals surface area contributed by atoms with Crippen molar-refractivity contribution in [1.82, 2.24) is 0 Å². The van der Waals surface area contributed by atoms with Gasteiger partial charge in [0, 0.05) is 15.9 Å². The second kappa shape index (κ2) is 6.42. The lowest BCUT2D eigenvalue weighted by Crippen LogP contribution is -1.78. The lowest BCUT2D eigenvalue weighted by Gasteiger charge is -2.00. The molecule has 0 spiro atoms. The Morgan fingerprint density at radius 2 is 1.64 bits per heavy atom. The predicted octanol–water partition coefficient (Wildman–Crippen LogP) is 3.77.